The molecule has 0 aliphatic rings. The van der Waals surface area contributed by atoms with Crippen LogP contribution in [-0.4, -0.2) is 9.55 Å². The van der Waals surface area contributed by atoms with Crippen LogP contribution in [0, 0.1) is 0 Å². The van der Waals surface area contributed by atoms with Gasteiger partial charge >= 0.3 is 0 Å². The first kappa shape index (κ1) is 17.8. The first-order valence-electron chi connectivity index (χ1n) is 7.98. The Kier molecular flexibility index (Phi) is 5.35. The van der Waals surface area contributed by atoms with Crippen LogP contribution in [0.4, 0.5) is 0 Å². The molecule has 2 aromatic rings. The van der Waals surface area contributed by atoms with E-state index < -0.39 is 0 Å². The van der Waals surface area contributed by atoms with E-state index in [-0.39, 0.29) is 16.9 Å². The zero-order valence-electron chi connectivity index (χ0n) is 14.9. The highest BCUT2D eigenvalue weighted by Gasteiger charge is 2.13. The quantitative estimate of drug-likeness (QED) is 0.612. The zero-order chi connectivity index (χ0) is 17.2. The Hall–Kier alpha value is -1.55. The molecule has 23 heavy (non-hydrogen) atoms. The summed E-state index contributed by atoms with van der Waals surface area (Å²) in [4.78, 5) is 16.7. The number of nitrogens with zero attached hydrogens (tertiary/aromatic N) is 2. The number of aromatic nitrogens is 2. The molecule has 0 fully saturated rings. The number of benzene rings is 1. The molecule has 0 amide bonds. The van der Waals surface area contributed by atoms with E-state index >= 15 is 0 Å². The van der Waals surface area contributed by atoms with E-state index in [1.807, 2.05) is 0 Å². The van der Waals surface area contributed by atoms with Gasteiger partial charge in [-0.1, -0.05) is 70.6 Å². The molecular formula is C19H26N2OS. The summed E-state index contributed by atoms with van der Waals surface area (Å²) >= 11 is 1.61. The molecule has 2 rings (SSSR count). The van der Waals surface area contributed by atoms with E-state index in [1.54, 1.807) is 29.4 Å². The van der Waals surface area contributed by atoms with Crippen molar-refractivity contribution in [1.29, 1.82) is 0 Å². The van der Waals surface area contributed by atoms with E-state index in [1.165, 1.54) is 11.1 Å². The standard InChI is InChI=1S/C19H26N2OS/c1-13(2)16-11-17(22)21(6)18(20-16)23-12-14-7-9-15(10-8-14)19(3,4)5/h7-11,13H,12H2,1-6H3. The van der Waals surface area contributed by atoms with E-state index in [9.17, 15) is 4.79 Å². The molecule has 1 aromatic carbocycles. The zero-order valence-corrected chi connectivity index (χ0v) is 15.7. The van der Waals surface area contributed by atoms with Crippen LogP contribution >= 0.6 is 11.8 Å². The molecule has 0 N–H and O–H groups in total. The average molecular weight is 330 g/mol. The average Bonchev–Trinajstić information content (AvgIpc) is 2.48. The maximum Gasteiger partial charge on any atom is 0.254 e. The largest absolute Gasteiger partial charge is 0.291 e. The summed E-state index contributed by atoms with van der Waals surface area (Å²) in [7, 11) is 1.78. The maximum absolute atomic E-state index is 12.0. The summed E-state index contributed by atoms with van der Waals surface area (Å²) in [5, 5.41) is 0.779. The van der Waals surface area contributed by atoms with Crippen LogP contribution in [0.5, 0.6) is 0 Å². The molecule has 124 valence electrons. The van der Waals surface area contributed by atoms with Crippen molar-refractivity contribution in [3.63, 3.8) is 0 Å². The minimum atomic E-state index is 0.00859. The van der Waals surface area contributed by atoms with Crippen LogP contribution < -0.4 is 5.56 Å². The third-order valence-electron chi connectivity index (χ3n) is 3.89. The van der Waals surface area contributed by atoms with Crippen LogP contribution in [0.3, 0.4) is 0 Å². The lowest BCUT2D eigenvalue weighted by Gasteiger charge is -2.19. The highest BCUT2D eigenvalue weighted by atomic mass is 32.2. The first-order valence-corrected chi connectivity index (χ1v) is 8.97. The predicted molar refractivity (Wildman–Crippen MR) is 98.3 cm³/mol. The number of hydrogen-bond donors (Lipinski definition) is 0. The second-order valence-corrected chi connectivity index (χ2v) is 8.19. The molecule has 0 saturated heterocycles. The van der Waals surface area contributed by atoms with E-state index in [2.05, 4.69) is 63.9 Å². The van der Waals surface area contributed by atoms with Gasteiger partial charge in [-0.2, -0.15) is 0 Å². The van der Waals surface area contributed by atoms with Gasteiger partial charge in [-0.15, -0.1) is 0 Å². The van der Waals surface area contributed by atoms with Crippen LogP contribution in [0.1, 0.15) is 57.4 Å². The SMILES string of the molecule is CC(C)c1cc(=O)n(C)c(SCc2ccc(C(C)(C)C)cc2)n1. The van der Waals surface area contributed by atoms with Crippen molar-refractivity contribution in [3.8, 4) is 0 Å². The molecular weight excluding hydrogens is 304 g/mol. The second kappa shape index (κ2) is 6.91. The Morgan fingerprint density at radius 3 is 2.30 bits per heavy atom. The molecule has 0 aliphatic heterocycles. The van der Waals surface area contributed by atoms with Gasteiger partial charge in [-0.3, -0.25) is 9.36 Å². The van der Waals surface area contributed by atoms with E-state index in [0.29, 0.717) is 0 Å². The Bertz CT molecular complexity index is 725. The monoisotopic (exact) mass is 330 g/mol. The molecule has 1 heterocycles. The smallest absolute Gasteiger partial charge is 0.254 e. The topological polar surface area (TPSA) is 34.9 Å². The summed E-state index contributed by atoms with van der Waals surface area (Å²) < 4.78 is 1.63. The minimum absolute atomic E-state index is 0.00859. The molecule has 0 aliphatic carbocycles. The highest BCUT2D eigenvalue weighted by molar-refractivity contribution is 7.98. The lowest BCUT2D eigenvalue weighted by Crippen LogP contribution is -2.20. The second-order valence-electron chi connectivity index (χ2n) is 7.25. The van der Waals surface area contributed by atoms with Crippen LogP contribution in [0.25, 0.3) is 0 Å². The number of thioether (sulfide) groups is 1. The molecule has 0 unspecified atom stereocenters. The van der Waals surface area contributed by atoms with Crippen molar-refractivity contribution < 1.29 is 0 Å². The van der Waals surface area contributed by atoms with Crippen molar-refractivity contribution in [2.24, 2.45) is 7.05 Å². The number of hydrogen-bond acceptors (Lipinski definition) is 3. The van der Waals surface area contributed by atoms with Gasteiger partial charge in [0.2, 0.25) is 0 Å². The Balaban J connectivity index is 2.16. The Labute approximate surface area is 143 Å². The lowest BCUT2D eigenvalue weighted by atomic mass is 9.87. The lowest BCUT2D eigenvalue weighted by molar-refractivity contribution is 0.590. The number of rotatable bonds is 4. The summed E-state index contributed by atoms with van der Waals surface area (Å²) in [6.07, 6.45) is 0. The fraction of sp³-hybridized carbons (Fsp3) is 0.474. The van der Waals surface area contributed by atoms with Gasteiger partial charge < -0.3 is 0 Å². The van der Waals surface area contributed by atoms with Gasteiger partial charge in [0.05, 0.1) is 5.69 Å². The van der Waals surface area contributed by atoms with Gasteiger partial charge in [0, 0.05) is 18.9 Å². The molecule has 0 saturated carbocycles. The molecule has 4 heteroatoms. The minimum Gasteiger partial charge on any atom is -0.291 e. The van der Waals surface area contributed by atoms with Crippen LogP contribution in [0.15, 0.2) is 40.3 Å². The molecule has 1 aromatic heterocycles. The van der Waals surface area contributed by atoms with Gasteiger partial charge in [0.25, 0.3) is 5.56 Å². The van der Waals surface area contributed by atoms with Crippen LogP contribution in [-0.2, 0) is 18.2 Å². The first-order chi connectivity index (χ1) is 10.7. The highest BCUT2D eigenvalue weighted by Crippen LogP contribution is 2.25. The van der Waals surface area contributed by atoms with Gasteiger partial charge in [-0.05, 0) is 22.5 Å². The predicted octanol–water partition coefficient (Wildman–Crippen LogP) is 4.49. The van der Waals surface area contributed by atoms with Crippen molar-refractivity contribution in [2.45, 2.75) is 56.9 Å². The normalized spacial score (nSPS) is 12.0. The summed E-state index contributed by atoms with van der Waals surface area (Å²) in [6, 6.07) is 10.3. The Morgan fingerprint density at radius 1 is 1.17 bits per heavy atom. The van der Waals surface area contributed by atoms with Crippen molar-refractivity contribution in [1.82, 2.24) is 9.55 Å². The van der Waals surface area contributed by atoms with Crippen molar-refractivity contribution in [2.75, 3.05) is 0 Å². The van der Waals surface area contributed by atoms with Crippen molar-refractivity contribution in [3.05, 3.63) is 57.5 Å². The summed E-state index contributed by atoms with van der Waals surface area (Å²) in [5.41, 5.74) is 3.61. The fourth-order valence-electron chi connectivity index (χ4n) is 2.21. The third kappa shape index (κ3) is 4.47. The molecule has 0 spiro atoms. The van der Waals surface area contributed by atoms with Gasteiger partial charge in [0.1, 0.15) is 0 Å². The molecule has 3 nitrogen and oxygen atoms in total. The van der Waals surface area contributed by atoms with Crippen molar-refractivity contribution >= 4 is 11.8 Å². The van der Waals surface area contributed by atoms with Gasteiger partial charge in [0.15, 0.2) is 5.16 Å². The summed E-state index contributed by atoms with van der Waals surface area (Å²) in [6.45, 7) is 10.8. The van der Waals surface area contributed by atoms with E-state index in [0.717, 1.165) is 16.6 Å². The summed E-state index contributed by atoms with van der Waals surface area (Å²) in [5.74, 6) is 1.07. The molecule has 0 atom stereocenters. The molecule has 0 bridgehead atoms. The fourth-order valence-corrected chi connectivity index (χ4v) is 3.15. The third-order valence-corrected chi connectivity index (χ3v) is 4.99. The van der Waals surface area contributed by atoms with Crippen LogP contribution in [0.2, 0.25) is 0 Å². The molecule has 0 radical (unpaired) electrons. The van der Waals surface area contributed by atoms with Gasteiger partial charge in [-0.25, -0.2) is 4.98 Å². The Morgan fingerprint density at radius 2 is 1.78 bits per heavy atom. The van der Waals surface area contributed by atoms with E-state index in [4.69, 9.17) is 0 Å². The maximum atomic E-state index is 12.0.